The van der Waals surface area contributed by atoms with E-state index < -0.39 is 0 Å². The number of rotatable bonds is 10. The molecule has 0 aliphatic carbocycles. The van der Waals surface area contributed by atoms with E-state index in [1.807, 2.05) is 0 Å². The van der Waals surface area contributed by atoms with Crippen LogP contribution < -0.4 is 5.32 Å². The summed E-state index contributed by atoms with van der Waals surface area (Å²) in [5, 5.41) is 3.47. The van der Waals surface area contributed by atoms with Crippen molar-refractivity contribution in [2.45, 2.75) is 53.2 Å². The van der Waals surface area contributed by atoms with Crippen molar-refractivity contribution in [3.8, 4) is 0 Å². The van der Waals surface area contributed by atoms with E-state index in [9.17, 15) is 0 Å². The van der Waals surface area contributed by atoms with Crippen molar-refractivity contribution in [1.29, 1.82) is 0 Å². The van der Waals surface area contributed by atoms with Crippen LogP contribution in [-0.4, -0.2) is 13.2 Å². The fraction of sp³-hybridized carbons (Fsp3) is 0.647. The lowest BCUT2D eigenvalue weighted by atomic mass is 10.1. The fourth-order valence-corrected chi connectivity index (χ4v) is 1.98. The third-order valence-electron chi connectivity index (χ3n) is 3.03. The van der Waals surface area contributed by atoms with Crippen molar-refractivity contribution in [2.75, 3.05) is 13.2 Å². The van der Waals surface area contributed by atoms with Gasteiger partial charge in [0.1, 0.15) is 0 Å². The second-order valence-corrected chi connectivity index (χ2v) is 5.60. The Kier molecular flexibility index (Phi) is 8.52. The normalized spacial score (nSPS) is 11.2. The summed E-state index contributed by atoms with van der Waals surface area (Å²) >= 11 is 0. The van der Waals surface area contributed by atoms with Crippen molar-refractivity contribution in [3.63, 3.8) is 0 Å². The predicted molar refractivity (Wildman–Crippen MR) is 82.2 cm³/mol. The van der Waals surface area contributed by atoms with Crippen LogP contribution in [0.3, 0.4) is 0 Å². The maximum Gasteiger partial charge on any atom is 0.0716 e. The van der Waals surface area contributed by atoms with Crippen LogP contribution in [0.2, 0.25) is 0 Å². The molecule has 1 aromatic rings. The summed E-state index contributed by atoms with van der Waals surface area (Å²) in [6, 6.07) is 8.68. The molecule has 1 N–H and O–H groups in total. The fourth-order valence-electron chi connectivity index (χ4n) is 1.98. The Morgan fingerprint density at radius 1 is 1.16 bits per heavy atom. The maximum absolute atomic E-state index is 5.70. The van der Waals surface area contributed by atoms with Crippen LogP contribution in [0.15, 0.2) is 24.3 Å². The molecule has 1 aromatic carbocycles. The van der Waals surface area contributed by atoms with Crippen LogP contribution in [-0.2, 0) is 17.9 Å². The molecule has 0 amide bonds. The molecule has 2 heteroatoms. The van der Waals surface area contributed by atoms with E-state index in [-0.39, 0.29) is 0 Å². The zero-order valence-corrected chi connectivity index (χ0v) is 12.7. The number of ether oxygens (including phenoxy) is 1. The smallest absolute Gasteiger partial charge is 0.0716 e. The van der Waals surface area contributed by atoms with Gasteiger partial charge in [-0.25, -0.2) is 0 Å². The first-order valence-electron chi connectivity index (χ1n) is 7.58. The Hall–Kier alpha value is -0.860. The lowest BCUT2D eigenvalue weighted by molar-refractivity contribution is 0.117. The van der Waals surface area contributed by atoms with Gasteiger partial charge in [-0.05, 0) is 30.0 Å². The lowest BCUT2D eigenvalue weighted by Gasteiger charge is -2.09. The second-order valence-electron chi connectivity index (χ2n) is 5.60. The highest BCUT2D eigenvalue weighted by atomic mass is 16.5. The first kappa shape index (κ1) is 16.2. The van der Waals surface area contributed by atoms with Gasteiger partial charge >= 0.3 is 0 Å². The van der Waals surface area contributed by atoms with E-state index >= 15 is 0 Å². The molecule has 0 saturated carbocycles. The summed E-state index contributed by atoms with van der Waals surface area (Å²) in [6.07, 6.45) is 3.69. The van der Waals surface area contributed by atoms with E-state index in [0.717, 1.165) is 26.3 Å². The molecule has 0 atom stereocenters. The zero-order chi connectivity index (χ0) is 13.9. The van der Waals surface area contributed by atoms with Crippen LogP contribution >= 0.6 is 0 Å². The first-order valence-corrected chi connectivity index (χ1v) is 7.58. The monoisotopic (exact) mass is 263 g/mol. The molecular formula is C17H29NO. The Labute approximate surface area is 118 Å². The summed E-state index contributed by atoms with van der Waals surface area (Å²) in [7, 11) is 0. The highest BCUT2D eigenvalue weighted by Crippen LogP contribution is 2.07. The van der Waals surface area contributed by atoms with Gasteiger partial charge in [-0.1, -0.05) is 57.9 Å². The van der Waals surface area contributed by atoms with Gasteiger partial charge in [0.05, 0.1) is 6.61 Å². The Morgan fingerprint density at radius 2 is 1.95 bits per heavy atom. The Bertz CT molecular complexity index is 336. The average Bonchev–Trinajstić information content (AvgIpc) is 2.39. The van der Waals surface area contributed by atoms with Crippen LogP contribution in [0.25, 0.3) is 0 Å². The third kappa shape index (κ3) is 8.02. The molecule has 0 bridgehead atoms. The highest BCUT2D eigenvalue weighted by molar-refractivity contribution is 5.22. The number of nitrogens with one attached hydrogen (secondary N) is 1. The molecule has 0 radical (unpaired) electrons. The van der Waals surface area contributed by atoms with E-state index in [2.05, 4.69) is 50.4 Å². The second kappa shape index (κ2) is 9.99. The molecule has 0 heterocycles. The van der Waals surface area contributed by atoms with Crippen molar-refractivity contribution in [3.05, 3.63) is 35.4 Å². The van der Waals surface area contributed by atoms with Crippen molar-refractivity contribution in [1.82, 2.24) is 5.32 Å². The molecular weight excluding hydrogens is 234 g/mol. The molecule has 0 saturated heterocycles. The number of hydrogen-bond donors (Lipinski definition) is 1. The number of hydrogen-bond acceptors (Lipinski definition) is 2. The van der Waals surface area contributed by atoms with Crippen molar-refractivity contribution >= 4 is 0 Å². The molecule has 1 rings (SSSR count). The molecule has 0 unspecified atom stereocenters. The van der Waals surface area contributed by atoms with Crippen molar-refractivity contribution < 1.29 is 4.74 Å². The first-order chi connectivity index (χ1) is 9.22. The molecule has 0 aromatic heterocycles. The van der Waals surface area contributed by atoms with E-state index in [0.29, 0.717) is 5.92 Å². The third-order valence-corrected chi connectivity index (χ3v) is 3.03. The summed E-state index contributed by atoms with van der Waals surface area (Å²) in [5.74, 6) is 0.699. The molecule has 0 spiro atoms. The van der Waals surface area contributed by atoms with Crippen molar-refractivity contribution in [2.24, 2.45) is 5.92 Å². The van der Waals surface area contributed by atoms with Crippen LogP contribution in [0.1, 0.15) is 51.2 Å². The maximum atomic E-state index is 5.70. The standard InChI is InChI=1S/C17H29NO/c1-4-5-6-10-19-14-17-9-7-8-16(11-17)13-18-12-15(2)3/h7-9,11,15,18H,4-6,10,12-14H2,1-3H3. The summed E-state index contributed by atoms with van der Waals surface area (Å²) < 4.78 is 5.70. The molecule has 0 aliphatic rings. The van der Waals surface area contributed by atoms with Gasteiger partial charge in [-0.3, -0.25) is 0 Å². The average molecular weight is 263 g/mol. The van der Waals surface area contributed by atoms with Gasteiger partial charge in [0.2, 0.25) is 0 Å². The Morgan fingerprint density at radius 3 is 2.68 bits per heavy atom. The summed E-state index contributed by atoms with van der Waals surface area (Å²) in [6.45, 7) is 10.3. The van der Waals surface area contributed by atoms with Gasteiger partial charge in [-0.15, -0.1) is 0 Å². The molecule has 0 aliphatic heterocycles. The van der Waals surface area contributed by atoms with E-state index in [1.165, 1.54) is 30.4 Å². The SMILES string of the molecule is CCCCCOCc1cccc(CNCC(C)C)c1. The van der Waals surface area contributed by atoms with E-state index in [1.54, 1.807) is 0 Å². The minimum absolute atomic E-state index is 0.699. The number of benzene rings is 1. The summed E-state index contributed by atoms with van der Waals surface area (Å²) in [4.78, 5) is 0. The van der Waals surface area contributed by atoms with Crippen LogP contribution in [0.5, 0.6) is 0 Å². The Balaban J connectivity index is 2.27. The molecule has 19 heavy (non-hydrogen) atoms. The minimum Gasteiger partial charge on any atom is -0.377 e. The quantitative estimate of drug-likeness (QED) is 0.641. The van der Waals surface area contributed by atoms with Crippen LogP contribution in [0.4, 0.5) is 0 Å². The van der Waals surface area contributed by atoms with Gasteiger partial charge in [0.25, 0.3) is 0 Å². The minimum atomic E-state index is 0.699. The number of unbranched alkanes of at least 4 members (excludes halogenated alkanes) is 2. The van der Waals surface area contributed by atoms with E-state index in [4.69, 9.17) is 4.74 Å². The van der Waals surface area contributed by atoms with Gasteiger partial charge in [0.15, 0.2) is 0 Å². The predicted octanol–water partition coefficient (Wildman–Crippen LogP) is 4.14. The summed E-state index contributed by atoms with van der Waals surface area (Å²) in [5.41, 5.74) is 2.62. The lowest BCUT2D eigenvalue weighted by Crippen LogP contribution is -2.18. The van der Waals surface area contributed by atoms with Gasteiger partial charge in [0, 0.05) is 13.2 Å². The molecule has 2 nitrogen and oxygen atoms in total. The zero-order valence-electron chi connectivity index (χ0n) is 12.7. The topological polar surface area (TPSA) is 21.3 Å². The van der Waals surface area contributed by atoms with Gasteiger partial charge < -0.3 is 10.1 Å². The van der Waals surface area contributed by atoms with Crippen LogP contribution in [0, 0.1) is 5.92 Å². The largest absolute Gasteiger partial charge is 0.377 e. The molecule has 108 valence electrons. The molecule has 0 fully saturated rings. The van der Waals surface area contributed by atoms with Gasteiger partial charge in [-0.2, -0.15) is 0 Å². The highest BCUT2D eigenvalue weighted by Gasteiger charge is 1.98.